The fraction of sp³-hybridized carbons (Fsp3) is 0.133. The maximum Gasteiger partial charge on any atom is 0.128 e. The highest BCUT2D eigenvalue weighted by atomic mass is 16.5. The number of allylic oxidation sites excluding steroid dienone is 1. The Morgan fingerprint density at radius 1 is 1.28 bits per heavy atom. The van der Waals surface area contributed by atoms with E-state index in [4.69, 9.17) is 10.5 Å². The third-order valence-corrected chi connectivity index (χ3v) is 3.16. The minimum Gasteiger partial charge on any atom is -0.496 e. The highest BCUT2D eigenvalue weighted by Crippen LogP contribution is 2.32. The van der Waals surface area contributed by atoms with Crippen molar-refractivity contribution in [1.82, 2.24) is 4.98 Å². The third-order valence-electron chi connectivity index (χ3n) is 3.16. The van der Waals surface area contributed by atoms with E-state index in [1.807, 2.05) is 24.4 Å². The molecule has 0 bridgehead atoms. The average Bonchev–Trinajstić information content (AvgIpc) is 2.85. The molecule has 0 unspecified atom stereocenters. The number of hydrogen-bond donors (Lipinski definition) is 1. The SMILES string of the molecule is COc1ccc(N)cc1-c1cc2c(cn1)C=CC2. The number of methoxy groups -OCH3 is 1. The van der Waals surface area contributed by atoms with E-state index in [-0.39, 0.29) is 0 Å². The summed E-state index contributed by atoms with van der Waals surface area (Å²) in [6, 6.07) is 7.71. The van der Waals surface area contributed by atoms with Crippen molar-refractivity contribution in [2.75, 3.05) is 12.8 Å². The molecule has 0 spiro atoms. The molecule has 3 nitrogen and oxygen atoms in total. The average molecular weight is 238 g/mol. The molecule has 1 aliphatic rings. The van der Waals surface area contributed by atoms with Crippen LogP contribution in [0.15, 0.2) is 36.5 Å². The van der Waals surface area contributed by atoms with Gasteiger partial charge in [-0.05, 0) is 41.8 Å². The number of pyridine rings is 1. The first-order chi connectivity index (χ1) is 8.78. The quantitative estimate of drug-likeness (QED) is 0.818. The molecule has 2 aromatic rings. The van der Waals surface area contributed by atoms with Gasteiger partial charge in [-0.3, -0.25) is 4.98 Å². The van der Waals surface area contributed by atoms with Gasteiger partial charge in [0.25, 0.3) is 0 Å². The van der Waals surface area contributed by atoms with Crippen molar-refractivity contribution in [3.8, 4) is 17.0 Å². The molecule has 18 heavy (non-hydrogen) atoms. The molecule has 3 heteroatoms. The highest BCUT2D eigenvalue weighted by molar-refractivity contribution is 5.73. The summed E-state index contributed by atoms with van der Waals surface area (Å²) in [7, 11) is 1.66. The smallest absolute Gasteiger partial charge is 0.128 e. The van der Waals surface area contributed by atoms with Crippen LogP contribution in [0.4, 0.5) is 5.69 Å². The number of hydrogen-bond acceptors (Lipinski definition) is 3. The van der Waals surface area contributed by atoms with Crippen LogP contribution in [0.5, 0.6) is 5.75 Å². The van der Waals surface area contributed by atoms with Crippen LogP contribution in [0, 0.1) is 0 Å². The summed E-state index contributed by atoms with van der Waals surface area (Å²) in [6.45, 7) is 0. The summed E-state index contributed by atoms with van der Waals surface area (Å²) in [6.07, 6.45) is 7.11. The number of anilines is 1. The van der Waals surface area contributed by atoms with Crippen LogP contribution in [-0.2, 0) is 6.42 Å². The zero-order chi connectivity index (χ0) is 12.5. The summed E-state index contributed by atoms with van der Waals surface area (Å²) >= 11 is 0. The van der Waals surface area contributed by atoms with E-state index in [2.05, 4.69) is 23.2 Å². The van der Waals surface area contributed by atoms with E-state index >= 15 is 0 Å². The number of rotatable bonds is 2. The standard InChI is InChI=1S/C15H14N2O/c1-18-15-6-5-12(16)8-13(15)14-7-10-3-2-4-11(10)9-17-14/h2,4-9H,3,16H2,1H3. The molecular formula is C15H14N2O. The first-order valence-electron chi connectivity index (χ1n) is 5.87. The first-order valence-corrected chi connectivity index (χ1v) is 5.87. The lowest BCUT2D eigenvalue weighted by Gasteiger charge is -2.10. The van der Waals surface area contributed by atoms with Gasteiger partial charge in [-0.1, -0.05) is 12.2 Å². The Balaban J connectivity index is 2.12. The normalized spacial score (nSPS) is 12.5. The van der Waals surface area contributed by atoms with Crippen molar-refractivity contribution in [2.45, 2.75) is 6.42 Å². The van der Waals surface area contributed by atoms with Gasteiger partial charge in [0.15, 0.2) is 0 Å². The zero-order valence-electron chi connectivity index (χ0n) is 10.2. The molecule has 1 aromatic carbocycles. The number of nitrogens with two attached hydrogens (primary N) is 1. The number of nitrogen functional groups attached to an aromatic ring is 1. The molecule has 1 aliphatic carbocycles. The second kappa shape index (κ2) is 4.18. The molecule has 1 aromatic heterocycles. The van der Waals surface area contributed by atoms with Crippen molar-refractivity contribution in [1.29, 1.82) is 0 Å². The van der Waals surface area contributed by atoms with E-state index in [9.17, 15) is 0 Å². The van der Waals surface area contributed by atoms with Gasteiger partial charge in [0.05, 0.1) is 12.8 Å². The van der Waals surface area contributed by atoms with Crippen LogP contribution in [0.25, 0.3) is 17.3 Å². The largest absolute Gasteiger partial charge is 0.496 e. The molecule has 0 fully saturated rings. The first kappa shape index (κ1) is 10.8. The van der Waals surface area contributed by atoms with E-state index in [1.54, 1.807) is 7.11 Å². The van der Waals surface area contributed by atoms with Crippen molar-refractivity contribution >= 4 is 11.8 Å². The molecule has 0 aliphatic heterocycles. The molecule has 90 valence electrons. The van der Waals surface area contributed by atoms with Crippen molar-refractivity contribution < 1.29 is 4.74 Å². The van der Waals surface area contributed by atoms with Gasteiger partial charge in [-0.2, -0.15) is 0 Å². The molecule has 0 amide bonds. The highest BCUT2D eigenvalue weighted by Gasteiger charge is 2.11. The van der Waals surface area contributed by atoms with Crippen molar-refractivity contribution in [3.63, 3.8) is 0 Å². The summed E-state index contributed by atoms with van der Waals surface area (Å²) in [5.74, 6) is 0.794. The van der Waals surface area contributed by atoms with Crippen LogP contribution in [-0.4, -0.2) is 12.1 Å². The molecule has 0 saturated heterocycles. The molecule has 2 N–H and O–H groups in total. The Kier molecular flexibility index (Phi) is 2.52. The number of aromatic nitrogens is 1. The molecule has 0 atom stereocenters. The van der Waals surface area contributed by atoms with Crippen LogP contribution in [0.3, 0.4) is 0 Å². The fourth-order valence-corrected chi connectivity index (χ4v) is 2.22. The minimum atomic E-state index is 0.714. The van der Waals surface area contributed by atoms with Crippen molar-refractivity contribution in [2.24, 2.45) is 0 Å². The summed E-state index contributed by atoms with van der Waals surface area (Å²) in [4.78, 5) is 4.48. The monoisotopic (exact) mass is 238 g/mol. The van der Waals surface area contributed by atoms with Crippen LogP contribution < -0.4 is 10.5 Å². The van der Waals surface area contributed by atoms with Gasteiger partial charge < -0.3 is 10.5 Å². The molecule has 0 saturated carbocycles. The van der Waals surface area contributed by atoms with Crippen LogP contribution >= 0.6 is 0 Å². The van der Waals surface area contributed by atoms with Gasteiger partial charge >= 0.3 is 0 Å². The second-order valence-electron chi connectivity index (χ2n) is 4.33. The maximum atomic E-state index is 5.84. The Morgan fingerprint density at radius 2 is 2.17 bits per heavy atom. The van der Waals surface area contributed by atoms with Gasteiger partial charge in [-0.15, -0.1) is 0 Å². The fourth-order valence-electron chi connectivity index (χ4n) is 2.22. The van der Waals surface area contributed by atoms with Gasteiger partial charge in [0.1, 0.15) is 5.75 Å². The summed E-state index contributed by atoms with van der Waals surface area (Å²) < 4.78 is 5.36. The second-order valence-corrected chi connectivity index (χ2v) is 4.33. The topological polar surface area (TPSA) is 48.1 Å². The summed E-state index contributed by atoms with van der Waals surface area (Å²) in [5.41, 5.74) is 10.9. The van der Waals surface area contributed by atoms with Gasteiger partial charge in [0, 0.05) is 17.4 Å². The van der Waals surface area contributed by atoms with E-state index in [0.29, 0.717) is 5.69 Å². The van der Waals surface area contributed by atoms with Gasteiger partial charge in [-0.25, -0.2) is 0 Å². The van der Waals surface area contributed by atoms with Crippen LogP contribution in [0.1, 0.15) is 11.1 Å². The predicted molar refractivity (Wildman–Crippen MR) is 73.4 cm³/mol. The van der Waals surface area contributed by atoms with E-state index in [0.717, 1.165) is 23.4 Å². The molecule has 1 heterocycles. The number of nitrogens with zero attached hydrogens (tertiary/aromatic N) is 1. The minimum absolute atomic E-state index is 0.714. The van der Waals surface area contributed by atoms with E-state index < -0.39 is 0 Å². The number of fused-ring (bicyclic) bond motifs is 1. The molecule has 3 rings (SSSR count). The molecule has 0 radical (unpaired) electrons. The maximum absolute atomic E-state index is 5.84. The Hall–Kier alpha value is -2.29. The zero-order valence-corrected chi connectivity index (χ0v) is 10.2. The summed E-state index contributed by atoms with van der Waals surface area (Å²) in [5, 5.41) is 0. The van der Waals surface area contributed by atoms with E-state index in [1.165, 1.54) is 11.1 Å². The van der Waals surface area contributed by atoms with Crippen LogP contribution in [0.2, 0.25) is 0 Å². The Morgan fingerprint density at radius 3 is 3.00 bits per heavy atom. The lowest BCUT2D eigenvalue weighted by Crippen LogP contribution is -1.94. The lowest BCUT2D eigenvalue weighted by atomic mass is 10.1. The Labute approximate surface area is 106 Å². The predicted octanol–water partition coefficient (Wildman–Crippen LogP) is 2.91. The molecular weight excluding hydrogens is 224 g/mol. The number of ether oxygens (including phenoxy) is 1. The lowest BCUT2D eigenvalue weighted by molar-refractivity contribution is 0.416. The number of benzene rings is 1. The van der Waals surface area contributed by atoms with Crippen molar-refractivity contribution in [3.05, 3.63) is 47.7 Å². The third kappa shape index (κ3) is 1.74. The Bertz CT molecular complexity index is 632. The van der Waals surface area contributed by atoms with Gasteiger partial charge in [0.2, 0.25) is 0 Å².